The molecule has 27 heavy (non-hydrogen) atoms. The minimum absolute atomic E-state index is 0.860. The van der Waals surface area contributed by atoms with Crippen molar-refractivity contribution in [2.75, 3.05) is 0 Å². The number of aromatic nitrogens is 3. The maximum atomic E-state index is 4.50. The molecule has 1 aromatic heterocycles. The fourth-order valence-corrected chi connectivity index (χ4v) is 3.80. The van der Waals surface area contributed by atoms with Crippen LogP contribution in [0.15, 0.2) is 84.0 Å². The molecule has 0 amide bonds. The zero-order valence-electron chi connectivity index (χ0n) is 15.5. The van der Waals surface area contributed by atoms with Gasteiger partial charge in [0.2, 0.25) is 0 Å². The summed E-state index contributed by atoms with van der Waals surface area (Å²) < 4.78 is 2.15. The molecule has 3 aromatic carbocycles. The fourth-order valence-electron chi connectivity index (χ4n) is 2.90. The SMILES string of the molecule is Cc1ccc(CSc2nnc(-c3ccccc3)n2-c2ccc(C)cc2)cc1. The molecule has 4 aromatic rings. The van der Waals surface area contributed by atoms with Crippen molar-refractivity contribution in [1.82, 2.24) is 14.8 Å². The van der Waals surface area contributed by atoms with Gasteiger partial charge in [0, 0.05) is 17.0 Å². The van der Waals surface area contributed by atoms with E-state index in [0.717, 1.165) is 28.0 Å². The number of benzene rings is 3. The molecule has 4 heteroatoms. The van der Waals surface area contributed by atoms with Crippen molar-refractivity contribution in [2.24, 2.45) is 0 Å². The van der Waals surface area contributed by atoms with E-state index in [1.165, 1.54) is 16.7 Å². The van der Waals surface area contributed by atoms with E-state index < -0.39 is 0 Å². The van der Waals surface area contributed by atoms with Crippen LogP contribution in [0.5, 0.6) is 0 Å². The smallest absolute Gasteiger partial charge is 0.196 e. The lowest BCUT2D eigenvalue weighted by Crippen LogP contribution is -2.00. The number of aryl methyl sites for hydroxylation is 2. The third-order valence-corrected chi connectivity index (χ3v) is 5.45. The van der Waals surface area contributed by atoms with Gasteiger partial charge in [-0.1, -0.05) is 89.6 Å². The van der Waals surface area contributed by atoms with Crippen LogP contribution in [0.3, 0.4) is 0 Å². The van der Waals surface area contributed by atoms with Gasteiger partial charge >= 0.3 is 0 Å². The zero-order valence-corrected chi connectivity index (χ0v) is 16.3. The van der Waals surface area contributed by atoms with Gasteiger partial charge in [-0.3, -0.25) is 4.57 Å². The van der Waals surface area contributed by atoms with Gasteiger partial charge in [-0.05, 0) is 31.5 Å². The quantitative estimate of drug-likeness (QED) is 0.413. The van der Waals surface area contributed by atoms with Crippen LogP contribution in [0.4, 0.5) is 0 Å². The highest BCUT2D eigenvalue weighted by Gasteiger charge is 2.16. The summed E-state index contributed by atoms with van der Waals surface area (Å²) in [5.41, 5.74) is 5.94. The van der Waals surface area contributed by atoms with Crippen molar-refractivity contribution in [1.29, 1.82) is 0 Å². The lowest BCUT2D eigenvalue weighted by atomic mass is 10.2. The van der Waals surface area contributed by atoms with Gasteiger partial charge in [0.15, 0.2) is 11.0 Å². The average Bonchev–Trinajstić information content (AvgIpc) is 3.13. The largest absolute Gasteiger partial charge is 0.270 e. The minimum Gasteiger partial charge on any atom is -0.270 e. The lowest BCUT2D eigenvalue weighted by Gasteiger charge is -2.11. The maximum Gasteiger partial charge on any atom is 0.196 e. The Bertz CT molecular complexity index is 1020. The monoisotopic (exact) mass is 371 g/mol. The molecule has 0 aliphatic rings. The summed E-state index contributed by atoms with van der Waals surface area (Å²) in [6.45, 7) is 4.21. The van der Waals surface area contributed by atoms with Gasteiger partial charge in [0.05, 0.1) is 0 Å². The van der Waals surface area contributed by atoms with Crippen molar-refractivity contribution < 1.29 is 0 Å². The Morgan fingerprint density at radius 3 is 2.04 bits per heavy atom. The van der Waals surface area contributed by atoms with Gasteiger partial charge in [-0.2, -0.15) is 0 Å². The van der Waals surface area contributed by atoms with Crippen LogP contribution in [0, 0.1) is 13.8 Å². The number of hydrogen-bond donors (Lipinski definition) is 0. The van der Waals surface area contributed by atoms with Crippen LogP contribution in [-0.4, -0.2) is 14.8 Å². The van der Waals surface area contributed by atoms with Gasteiger partial charge < -0.3 is 0 Å². The summed E-state index contributed by atoms with van der Waals surface area (Å²) in [5.74, 6) is 1.73. The molecule has 0 aliphatic heterocycles. The van der Waals surface area contributed by atoms with E-state index in [2.05, 4.69) is 89.3 Å². The second-order valence-corrected chi connectivity index (χ2v) is 7.56. The molecular weight excluding hydrogens is 350 g/mol. The summed E-state index contributed by atoms with van der Waals surface area (Å²) in [4.78, 5) is 0. The fraction of sp³-hybridized carbons (Fsp3) is 0.130. The van der Waals surface area contributed by atoms with Crippen LogP contribution < -0.4 is 0 Å². The first kappa shape index (κ1) is 17.6. The molecule has 0 fully saturated rings. The Hall–Kier alpha value is -2.85. The molecule has 0 radical (unpaired) electrons. The Labute approximate surface area is 164 Å². The van der Waals surface area contributed by atoms with Gasteiger partial charge in [0.25, 0.3) is 0 Å². The van der Waals surface area contributed by atoms with Crippen LogP contribution >= 0.6 is 11.8 Å². The Kier molecular flexibility index (Phi) is 5.07. The van der Waals surface area contributed by atoms with E-state index in [4.69, 9.17) is 0 Å². The molecule has 4 rings (SSSR count). The van der Waals surface area contributed by atoms with Crippen LogP contribution in [-0.2, 0) is 5.75 Å². The van der Waals surface area contributed by atoms with Crippen molar-refractivity contribution >= 4 is 11.8 Å². The van der Waals surface area contributed by atoms with Crippen LogP contribution in [0.25, 0.3) is 17.1 Å². The first-order valence-corrected chi connectivity index (χ1v) is 9.95. The summed E-state index contributed by atoms with van der Waals surface area (Å²) in [5, 5.41) is 9.90. The molecule has 0 bridgehead atoms. The van der Waals surface area contributed by atoms with Crippen molar-refractivity contribution in [3.8, 4) is 17.1 Å². The molecular formula is C23H21N3S. The van der Waals surface area contributed by atoms with E-state index in [0.29, 0.717) is 0 Å². The minimum atomic E-state index is 0.860. The Balaban J connectivity index is 1.71. The zero-order chi connectivity index (χ0) is 18.6. The van der Waals surface area contributed by atoms with E-state index >= 15 is 0 Å². The molecule has 1 heterocycles. The van der Waals surface area contributed by atoms with Crippen molar-refractivity contribution in [3.63, 3.8) is 0 Å². The molecule has 0 saturated heterocycles. The molecule has 0 atom stereocenters. The Morgan fingerprint density at radius 2 is 1.37 bits per heavy atom. The topological polar surface area (TPSA) is 30.7 Å². The van der Waals surface area contributed by atoms with Crippen LogP contribution in [0.1, 0.15) is 16.7 Å². The van der Waals surface area contributed by atoms with E-state index in [9.17, 15) is 0 Å². The first-order valence-electron chi connectivity index (χ1n) is 8.97. The van der Waals surface area contributed by atoms with Gasteiger partial charge in [-0.15, -0.1) is 10.2 Å². The summed E-state index contributed by atoms with van der Waals surface area (Å²) >= 11 is 1.71. The average molecular weight is 372 g/mol. The normalized spacial score (nSPS) is 10.9. The second-order valence-electron chi connectivity index (χ2n) is 6.62. The van der Waals surface area contributed by atoms with Gasteiger partial charge in [0.1, 0.15) is 0 Å². The number of hydrogen-bond acceptors (Lipinski definition) is 3. The highest BCUT2D eigenvalue weighted by atomic mass is 32.2. The third-order valence-electron chi connectivity index (χ3n) is 4.45. The summed E-state index contributed by atoms with van der Waals surface area (Å²) in [7, 11) is 0. The van der Waals surface area contributed by atoms with E-state index in [-0.39, 0.29) is 0 Å². The maximum absolute atomic E-state index is 4.50. The number of rotatable bonds is 5. The number of nitrogens with zero attached hydrogens (tertiary/aromatic N) is 3. The van der Waals surface area contributed by atoms with E-state index in [1.807, 2.05) is 18.2 Å². The third kappa shape index (κ3) is 3.96. The molecule has 3 nitrogen and oxygen atoms in total. The van der Waals surface area contributed by atoms with Crippen LogP contribution in [0.2, 0.25) is 0 Å². The standard InChI is InChI=1S/C23H21N3S/c1-17-8-12-19(13-9-17)16-27-23-25-24-22(20-6-4-3-5-7-20)26(23)21-14-10-18(2)11-15-21/h3-15H,16H2,1-2H3. The van der Waals surface area contributed by atoms with Crippen molar-refractivity contribution in [3.05, 3.63) is 95.6 Å². The highest BCUT2D eigenvalue weighted by molar-refractivity contribution is 7.98. The summed E-state index contributed by atoms with van der Waals surface area (Å²) in [6, 6.07) is 27.4. The molecule has 134 valence electrons. The Morgan fingerprint density at radius 1 is 0.741 bits per heavy atom. The first-order chi connectivity index (χ1) is 13.2. The predicted molar refractivity (Wildman–Crippen MR) is 112 cm³/mol. The predicted octanol–water partition coefficient (Wildman–Crippen LogP) is 5.84. The molecule has 0 aliphatic carbocycles. The molecule has 0 spiro atoms. The molecule has 0 unspecified atom stereocenters. The summed E-state index contributed by atoms with van der Waals surface area (Å²) in [6.07, 6.45) is 0. The molecule has 0 N–H and O–H groups in total. The highest BCUT2D eigenvalue weighted by Crippen LogP contribution is 2.29. The number of thioether (sulfide) groups is 1. The van der Waals surface area contributed by atoms with E-state index in [1.54, 1.807) is 11.8 Å². The van der Waals surface area contributed by atoms with Gasteiger partial charge in [-0.25, -0.2) is 0 Å². The lowest BCUT2D eigenvalue weighted by molar-refractivity contribution is 0.885. The molecule has 0 saturated carbocycles. The van der Waals surface area contributed by atoms with Crippen molar-refractivity contribution in [2.45, 2.75) is 24.8 Å². The second kappa shape index (κ2) is 7.80.